The normalized spacial score (nSPS) is 11.8. The molecule has 1 aromatic heterocycles. The molecule has 4 nitrogen and oxygen atoms in total. The number of nitrogens with one attached hydrogen (secondary N) is 2. The smallest absolute Gasteiger partial charge is 0.315 e. The SMILES string of the molecule is O=C(NCC[S@@](=O)Cc1ccccc1)NCc1cccs1. The summed E-state index contributed by atoms with van der Waals surface area (Å²) in [5.74, 6) is 0.987. The van der Waals surface area contributed by atoms with Crippen molar-refractivity contribution >= 4 is 28.2 Å². The molecule has 2 amide bonds. The number of thiophene rings is 1. The Morgan fingerprint density at radius 1 is 1.10 bits per heavy atom. The van der Waals surface area contributed by atoms with E-state index in [2.05, 4.69) is 10.6 Å². The molecule has 2 aromatic rings. The van der Waals surface area contributed by atoms with Crippen molar-refractivity contribution in [1.82, 2.24) is 10.6 Å². The zero-order valence-corrected chi connectivity index (χ0v) is 13.2. The van der Waals surface area contributed by atoms with E-state index in [0.29, 0.717) is 24.6 Å². The molecule has 0 fully saturated rings. The zero-order valence-electron chi connectivity index (χ0n) is 11.6. The van der Waals surface area contributed by atoms with Crippen molar-refractivity contribution in [1.29, 1.82) is 0 Å². The summed E-state index contributed by atoms with van der Waals surface area (Å²) in [5, 5.41) is 7.47. The van der Waals surface area contributed by atoms with Crippen LogP contribution in [0, 0.1) is 0 Å². The molecular formula is C15H18N2O2S2. The third-order valence-corrected chi connectivity index (χ3v) is 4.98. The molecule has 0 bridgehead atoms. The van der Waals surface area contributed by atoms with Crippen LogP contribution in [0.3, 0.4) is 0 Å². The number of amides is 2. The van der Waals surface area contributed by atoms with Crippen LogP contribution in [0.5, 0.6) is 0 Å². The fourth-order valence-corrected chi connectivity index (χ4v) is 3.44. The van der Waals surface area contributed by atoms with E-state index in [1.165, 1.54) is 0 Å². The molecular weight excluding hydrogens is 304 g/mol. The summed E-state index contributed by atoms with van der Waals surface area (Å²) >= 11 is 1.60. The highest BCUT2D eigenvalue weighted by Gasteiger charge is 2.04. The van der Waals surface area contributed by atoms with Crippen molar-refractivity contribution in [2.75, 3.05) is 12.3 Å². The van der Waals surface area contributed by atoms with Gasteiger partial charge in [0.1, 0.15) is 0 Å². The average molecular weight is 322 g/mol. The maximum atomic E-state index is 11.9. The van der Waals surface area contributed by atoms with Crippen molar-refractivity contribution in [3.8, 4) is 0 Å². The van der Waals surface area contributed by atoms with E-state index in [-0.39, 0.29) is 6.03 Å². The Balaban J connectivity index is 1.60. The van der Waals surface area contributed by atoms with Crippen LogP contribution in [0.4, 0.5) is 4.79 Å². The molecule has 0 aliphatic heterocycles. The van der Waals surface area contributed by atoms with E-state index in [1.54, 1.807) is 11.3 Å². The van der Waals surface area contributed by atoms with Gasteiger partial charge in [-0.05, 0) is 17.0 Å². The first-order valence-corrected chi connectivity index (χ1v) is 9.04. The van der Waals surface area contributed by atoms with Crippen LogP contribution in [0.15, 0.2) is 47.8 Å². The van der Waals surface area contributed by atoms with Crippen LogP contribution in [0.25, 0.3) is 0 Å². The van der Waals surface area contributed by atoms with Gasteiger partial charge in [0.15, 0.2) is 0 Å². The maximum Gasteiger partial charge on any atom is 0.315 e. The van der Waals surface area contributed by atoms with Gasteiger partial charge in [-0.3, -0.25) is 4.21 Å². The predicted octanol–water partition coefficient (Wildman–Crippen LogP) is 2.50. The van der Waals surface area contributed by atoms with Gasteiger partial charge in [-0.2, -0.15) is 0 Å². The lowest BCUT2D eigenvalue weighted by molar-refractivity contribution is 0.241. The summed E-state index contributed by atoms with van der Waals surface area (Å²) in [6.45, 7) is 0.937. The Labute approximate surface area is 131 Å². The first kappa shape index (κ1) is 15.7. The van der Waals surface area contributed by atoms with Gasteiger partial charge in [-0.25, -0.2) is 4.79 Å². The quantitative estimate of drug-likeness (QED) is 0.823. The van der Waals surface area contributed by atoms with Gasteiger partial charge in [0.05, 0.1) is 6.54 Å². The minimum absolute atomic E-state index is 0.222. The molecule has 112 valence electrons. The van der Waals surface area contributed by atoms with E-state index in [4.69, 9.17) is 0 Å². The summed E-state index contributed by atoms with van der Waals surface area (Å²) in [5.41, 5.74) is 1.05. The summed E-state index contributed by atoms with van der Waals surface area (Å²) in [6, 6.07) is 13.4. The van der Waals surface area contributed by atoms with E-state index < -0.39 is 10.8 Å². The van der Waals surface area contributed by atoms with Gasteiger partial charge >= 0.3 is 6.03 Å². The van der Waals surface area contributed by atoms with E-state index in [9.17, 15) is 9.00 Å². The van der Waals surface area contributed by atoms with Crippen LogP contribution in [-0.4, -0.2) is 22.5 Å². The molecule has 1 atom stereocenters. The Morgan fingerprint density at radius 3 is 2.62 bits per heavy atom. The Bertz CT molecular complexity index is 571. The fourth-order valence-electron chi connectivity index (χ4n) is 1.75. The fraction of sp³-hybridized carbons (Fsp3) is 0.267. The predicted molar refractivity (Wildman–Crippen MR) is 87.7 cm³/mol. The lowest BCUT2D eigenvalue weighted by Gasteiger charge is -2.07. The van der Waals surface area contributed by atoms with Crippen molar-refractivity contribution in [3.63, 3.8) is 0 Å². The van der Waals surface area contributed by atoms with Crippen LogP contribution >= 0.6 is 11.3 Å². The first-order chi connectivity index (χ1) is 10.2. The topological polar surface area (TPSA) is 58.2 Å². The van der Waals surface area contributed by atoms with Gasteiger partial charge < -0.3 is 10.6 Å². The van der Waals surface area contributed by atoms with Crippen molar-refractivity contribution in [2.45, 2.75) is 12.3 Å². The van der Waals surface area contributed by atoms with Crippen LogP contribution in [0.2, 0.25) is 0 Å². The molecule has 6 heteroatoms. The van der Waals surface area contributed by atoms with Crippen molar-refractivity contribution < 1.29 is 9.00 Å². The number of hydrogen-bond donors (Lipinski definition) is 2. The lowest BCUT2D eigenvalue weighted by atomic mass is 10.2. The van der Waals surface area contributed by atoms with E-state index in [1.807, 2.05) is 47.8 Å². The highest BCUT2D eigenvalue weighted by Crippen LogP contribution is 2.07. The van der Waals surface area contributed by atoms with Gasteiger partial charge in [-0.15, -0.1) is 11.3 Å². The number of rotatable bonds is 7. The number of urea groups is 1. The van der Waals surface area contributed by atoms with Gasteiger partial charge in [0.2, 0.25) is 0 Å². The Hall–Kier alpha value is -1.66. The van der Waals surface area contributed by atoms with Gasteiger partial charge in [0, 0.05) is 33.7 Å². The van der Waals surface area contributed by atoms with Crippen LogP contribution in [-0.2, 0) is 23.1 Å². The molecule has 1 aromatic carbocycles. The largest absolute Gasteiger partial charge is 0.337 e. The standard InChI is InChI=1S/C15H18N2O2S2/c18-15(17-11-14-7-4-9-20-14)16-8-10-21(19)12-13-5-2-1-3-6-13/h1-7,9H,8,10-12H2,(H2,16,17,18)/t21-/m1/s1. The molecule has 21 heavy (non-hydrogen) atoms. The second kappa shape index (κ2) is 8.59. The summed E-state index contributed by atoms with van der Waals surface area (Å²) < 4.78 is 11.9. The molecule has 1 heterocycles. The van der Waals surface area contributed by atoms with Gasteiger partial charge in [-0.1, -0.05) is 36.4 Å². The molecule has 2 N–H and O–H groups in total. The lowest BCUT2D eigenvalue weighted by Crippen LogP contribution is -2.37. The molecule has 0 aliphatic carbocycles. The molecule has 0 saturated carbocycles. The first-order valence-electron chi connectivity index (χ1n) is 6.67. The summed E-state index contributed by atoms with van der Waals surface area (Å²) in [6.07, 6.45) is 0. The van der Waals surface area contributed by atoms with Crippen molar-refractivity contribution in [3.05, 3.63) is 58.3 Å². The molecule has 0 radical (unpaired) electrons. The summed E-state index contributed by atoms with van der Waals surface area (Å²) in [4.78, 5) is 12.7. The minimum Gasteiger partial charge on any atom is -0.337 e. The molecule has 0 saturated heterocycles. The third-order valence-electron chi connectivity index (χ3n) is 2.79. The number of benzene rings is 1. The Kier molecular flexibility index (Phi) is 6.43. The second-order valence-corrected chi connectivity index (χ2v) is 7.07. The molecule has 0 aliphatic rings. The minimum atomic E-state index is -0.961. The number of hydrogen-bond acceptors (Lipinski definition) is 3. The van der Waals surface area contributed by atoms with E-state index >= 15 is 0 Å². The second-order valence-electron chi connectivity index (χ2n) is 4.46. The Morgan fingerprint density at radius 2 is 1.90 bits per heavy atom. The third kappa shape index (κ3) is 6.10. The summed E-state index contributed by atoms with van der Waals surface area (Å²) in [7, 11) is -0.961. The zero-order chi connectivity index (χ0) is 14.9. The van der Waals surface area contributed by atoms with Crippen LogP contribution < -0.4 is 10.6 Å². The highest BCUT2D eigenvalue weighted by molar-refractivity contribution is 7.84. The maximum absolute atomic E-state index is 11.9. The molecule has 2 rings (SSSR count). The monoisotopic (exact) mass is 322 g/mol. The molecule has 0 unspecified atom stereocenters. The van der Waals surface area contributed by atoms with Crippen LogP contribution in [0.1, 0.15) is 10.4 Å². The molecule has 0 spiro atoms. The number of carbonyl (C=O) groups is 1. The highest BCUT2D eigenvalue weighted by atomic mass is 32.2. The number of carbonyl (C=O) groups excluding carboxylic acids is 1. The van der Waals surface area contributed by atoms with Gasteiger partial charge in [0.25, 0.3) is 0 Å². The van der Waals surface area contributed by atoms with Crippen molar-refractivity contribution in [2.24, 2.45) is 0 Å². The average Bonchev–Trinajstić information content (AvgIpc) is 2.99. The van der Waals surface area contributed by atoms with E-state index in [0.717, 1.165) is 10.4 Å².